The van der Waals surface area contributed by atoms with Crippen molar-refractivity contribution in [1.29, 1.82) is 0 Å². The van der Waals surface area contributed by atoms with Crippen molar-refractivity contribution in [2.75, 3.05) is 0 Å². The van der Waals surface area contributed by atoms with Gasteiger partial charge in [0.1, 0.15) is 5.82 Å². The van der Waals surface area contributed by atoms with Gasteiger partial charge in [-0.05, 0) is 47.2 Å². The van der Waals surface area contributed by atoms with Gasteiger partial charge in [-0.3, -0.25) is 4.68 Å². The Labute approximate surface area is 143 Å². The third kappa shape index (κ3) is 3.87. The number of nitrogens with zero attached hydrogens (tertiary/aromatic N) is 4. The molecule has 0 aromatic carbocycles. The number of carbonyl (C=O) groups is 1. The zero-order valence-electron chi connectivity index (χ0n) is 13.1. The summed E-state index contributed by atoms with van der Waals surface area (Å²) in [6.07, 6.45) is 7.66. The van der Waals surface area contributed by atoms with Crippen LogP contribution in [0.4, 0.5) is 4.79 Å². The largest absolute Gasteiger partial charge is 0.332 e. The molecule has 1 saturated carbocycles. The zero-order valence-corrected chi connectivity index (χ0v) is 14.7. The van der Waals surface area contributed by atoms with Gasteiger partial charge in [0.05, 0.1) is 29.0 Å². The Morgan fingerprint density at radius 2 is 2.09 bits per heavy atom. The number of aryl methyl sites for hydroxylation is 1. The molecule has 1 aliphatic rings. The predicted octanol–water partition coefficient (Wildman–Crippen LogP) is 2.41. The van der Waals surface area contributed by atoms with Gasteiger partial charge >= 0.3 is 6.03 Å². The van der Waals surface area contributed by atoms with Crippen LogP contribution in [0.2, 0.25) is 0 Å². The van der Waals surface area contributed by atoms with Gasteiger partial charge in [0.25, 0.3) is 0 Å². The maximum absolute atomic E-state index is 12.1. The van der Waals surface area contributed by atoms with Crippen LogP contribution in [-0.2, 0) is 13.6 Å². The lowest BCUT2D eigenvalue weighted by molar-refractivity contribution is 0.236. The predicted molar refractivity (Wildman–Crippen MR) is 88.7 cm³/mol. The van der Waals surface area contributed by atoms with Gasteiger partial charge in [0.2, 0.25) is 0 Å². The molecule has 1 unspecified atom stereocenters. The molecule has 1 fully saturated rings. The van der Waals surface area contributed by atoms with E-state index < -0.39 is 0 Å². The molecule has 8 heteroatoms. The summed E-state index contributed by atoms with van der Waals surface area (Å²) in [4.78, 5) is 20.5. The van der Waals surface area contributed by atoms with Crippen molar-refractivity contribution in [2.24, 2.45) is 7.05 Å². The standard InChI is InChI=1S/C15H19BrN6O/c1-9(14-17-5-11(16)6-18-14)21-15(23)19-8-13-12(10-3-4-10)7-20-22(13)2/h5-7,9-10H,3-4,8H2,1-2H3,(H2,19,21,23). The fraction of sp³-hybridized carbons (Fsp3) is 0.467. The molecule has 2 aromatic rings. The molecule has 0 aliphatic heterocycles. The molecule has 2 amide bonds. The van der Waals surface area contributed by atoms with E-state index in [0.717, 1.165) is 10.2 Å². The molecule has 3 rings (SSSR count). The lowest BCUT2D eigenvalue weighted by Gasteiger charge is -2.14. The summed E-state index contributed by atoms with van der Waals surface area (Å²) in [7, 11) is 1.90. The summed E-state index contributed by atoms with van der Waals surface area (Å²) in [5.74, 6) is 1.18. The maximum atomic E-state index is 12.1. The summed E-state index contributed by atoms with van der Waals surface area (Å²) in [5.41, 5.74) is 2.31. The highest BCUT2D eigenvalue weighted by molar-refractivity contribution is 9.10. The highest BCUT2D eigenvalue weighted by Crippen LogP contribution is 2.41. The van der Waals surface area contributed by atoms with E-state index in [0.29, 0.717) is 18.3 Å². The Balaban J connectivity index is 1.55. The minimum Gasteiger partial charge on any atom is -0.332 e. The third-order valence-electron chi connectivity index (χ3n) is 3.90. The van der Waals surface area contributed by atoms with Crippen LogP contribution in [0.3, 0.4) is 0 Å². The Hall–Kier alpha value is -1.96. The van der Waals surface area contributed by atoms with Crippen LogP contribution in [0.25, 0.3) is 0 Å². The second-order valence-corrected chi connectivity index (χ2v) is 6.67. The fourth-order valence-corrected chi connectivity index (χ4v) is 2.66. The monoisotopic (exact) mass is 378 g/mol. The number of carbonyl (C=O) groups excluding carboxylic acids is 1. The van der Waals surface area contributed by atoms with Gasteiger partial charge in [-0.2, -0.15) is 5.10 Å². The van der Waals surface area contributed by atoms with Crippen molar-refractivity contribution in [3.63, 3.8) is 0 Å². The number of halogens is 1. The number of amides is 2. The van der Waals surface area contributed by atoms with E-state index in [1.54, 1.807) is 12.4 Å². The van der Waals surface area contributed by atoms with Crippen molar-refractivity contribution in [3.05, 3.63) is 40.1 Å². The first-order chi connectivity index (χ1) is 11.0. The van der Waals surface area contributed by atoms with Crippen molar-refractivity contribution >= 4 is 22.0 Å². The summed E-state index contributed by atoms with van der Waals surface area (Å²) in [6, 6.07) is -0.510. The Bertz CT molecular complexity index is 694. The molecular weight excluding hydrogens is 360 g/mol. The molecule has 2 heterocycles. The SMILES string of the molecule is CC(NC(=O)NCc1c(C2CC2)cnn1C)c1ncc(Br)cn1. The van der Waals surface area contributed by atoms with Gasteiger partial charge in [0, 0.05) is 19.4 Å². The lowest BCUT2D eigenvalue weighted by atomic mass is 10.1. The Morgan fingerprint density at radius 3 is 2.74 bits per heavy atom. The quantitative estimate of drug-likeness (QED) is 0.836. The molecular formula is C15H19BrN6O. The molecule has 0 saturated heterocycles. The van der Waals surface area contributed by atoms with E-state index in [9.17, 15) is 4.79 Å². The average molecular weight is 379 g/mol. The Kier molecular flexibility index (Phi) is 4.61. The van der Waals surface area contributed by atoms with E-state index in [-0.39, 0.29) is 12.1 Å². The normalized spacial score (nSPS) is 15.3. The number of hydrogen-bond donors (Lipinski definition) is 2. The lowest BCUT2D eigenvalue weighted by Crippen LogP contribution is -2.37. The third-order valence-corrected chi connectivity index (χ3v) is 4.31. The van der Waals surface area contributed by atoms with E-state index in [1.807, 2.05) is 24.9 Å². The smallest absolute Gasteiger partial charge is 0.315 e. The van der Waals surface area contributed by atoms with Gasteiger partial charge in [-0.25, -0.2) is 14.8 Å². The number of rotatable bonds is 5. The molecule has 2 N–H and O–H groups in total. The van der Waals surface area contributed by atoms with Crippen molar-refractivity contribution in [2.45, 2.75) is 38.3 Å². The van der Waals surface area contributed by atoms with Crippen molar-refractivity contribution in [1.82, 2.24) is 30.4 Å². The minimum absolute atomic E-state index is 0.244. The van der Waals surface area contributed by atoms with E-state index in [4.69, 9.17) is 0 Å². The van der Waals surface area contributed by atoms with Crippen molar-refractivity contribution < 1.29 is 4.79 Å². The molecule has 23 heavy (non-hydrogen) atoms. The molecule has 1 atom stereocenters. The highest BCUT2D eigenvalue weighted by atomic mass is 79.9. The van der Waals surface area contributed by atoms with Crippen LogP contribution >= 0.6 is 15.9 Å². The first-order valence-corrected chi connectivity index (χ1v) is 8.36. The molecule has 7 nitrogen and oxygen atoms in total. The number of aromatic nitrogens is 4. The molecule has 0 spiro atoms. The molecule has 122 valence electrons. The highest BCUT2D eigenvalue weighted by Gasteiger charge is 2.28. The van der Waals surface area contributed by atoms with Gasteiger partial charge < -0.3 is 10.6 Å². The van der Waals surface area contributed by atoms with Gasteiger partial charge in [-0.15, -0.1) is 0 Å². The number of urea groups is 1. The molecule has 0 radical (unpaired) electrons. The summed E-state index contributed by atoms with van der Waals surface area (Å²) >= 11 is 3.29. The minimum atomic E-state index is -0.266. The maximum Gasteiger partial charge on any atom is 0.315 e. The molecule has 2 aromatic heterocycles. The van der Waals surface area contributed by atoms with Gasteiger partial charge in [-0.1, -0.05) is 0 Å². The average Bonchev–Trinajstić information content (AvgIpc) is 3.30. The van der Waals surface area contributed by atoms with E-state index >= 15 is 0 Å². The van der Waals surface area contributed by atoms with Crippen LogP contribution in [0, 0.1) is 0 Å². The second-order valence-electron chi connectivity index (χ2n) is 5.75. The first kappa shape index (κ1) is 15.9. The second kappa shape index (κ2) is 6.66. The molecule has 0 bridgehead atoms. The van der Waals surface area contributed by atoms with Crippen LogP contribution in [0.15, 0.2) is 23.1 Å². The summed E-state index contributed by atoms with van der Waals surface area (Å²) in [6.45, 7) is 2.31. The van der Waals surface area contributed by atoms with Gasteiger partial charge in [0.15, 0.2) is 0 Å². The summed E-state index contributed by atoms with van der Waals surface area (Å²) in [5, 5.41) is 10.0. The van der Waals surface area contributed by atoms with Crippen LogP contribution < -0.4 is 10.6 Å². The molecule has 1 aliphatic carbocycles. The Morgan fingerprint density at radius 1 is 1.39 bits per heavy atom. The fourth-order valence-electron chi connectivity index (χ4n) is 2.45. The first-order valence-electron chi connectivity index (χ1n) is 7.57. The number of nitrogens with one attached hydrogen (secondary N) is 2. The van der Waals surface area contributed by atoms with E-state index in [2.05, 4.69) is 41.6 Å². The number of hydrogen-bond acceptors (Lipinski definition) is 4. The van der Waals surface area contributed by atoms with Crippen LogP contribution in [0.5, 0.6) is 0 Å². The zero-order chi connectivity index (χ0) is 16.4. The van der Waals surface area contributed by atoms with Crippen molar-refractivity contribution in [3.8, 4) is 0 Å². The topological polar surface area (TPSA) is 84.7 Å². The van der Waals surface area contributed by atoms with Crippen LogP contribution in [-0.4, -0.2) is 25.8 Å². The summed E-state index contributed by atoms with van der Waals surface area (Å²) < 4.78 is 2.64. The van der Waals surface area contributed by atoms with Crippen LogP contribution in [0.1, 0.15) is 48.8 Å². The van der Waals surface area contributed by atoms with E-state index in [1.165, 1.54) is 18.4 Å².